The third-order valence-electron chi connectivity index (χ3n) is 4.66. The SMILES string of the molecule is Cc1ccccc1[C@@H](F)Cc1ccc(CCc2ccc(Cl)cc2)cc1F. The second kappa shape index (κ2) is 8.46. The Balaban J connectivity index is 1.65. The van der Waals surface area contributed by atoms with Gasteiger partial charge in [0.2, 0.25) is 0 Å². The molecule has 0 unspecified atom stereocenters. The number of aryl methyl sites for hydroxylation is 3. The highest BCUT2D eigenvalue weighted by Crippen LogP contribution is 2.26. The van der Waals surface area contributed by atoms with Crippen molar-refractivity contribution in [1.82, 2.24) is 0 Å². The summed E-state index contributed by atoms with van der Waals surface area (Å²) in [5.41, 5.74) is 3.99. The van der Waals surface area contributed by atoms with Crippen LogP contribution in [0.25, 0.3) is 0 Å². The van der Waals surface area contributed by atoms with E-state index in [1.54, 1.807) is 12.1 Å². The molecule has 3 rings (SSSR count). The lowest BCUT2D eigenvalue weighted by Crippen LogP contribution is -2.02. The van der Waals surface area contributed by atoms with E-state index in [9.17, 15) is 8.78 Å². The minimum atomic E-state index is -1.20. The van der Waals surface area contributed by atoms with Crippen molar-refractivity contribution in [3.05, 3.63) is 105 Å². The maximum atomic E-state index is 14.6. The Labute approximate surface area is 158 Å². The molecule has 0 spiro atoms. The lowest BCUT2D eigenvalue weighted by atomic mass is 9.97. The van der Waals surface area contributed by atoms with Crippen molar-refractivity contribution in [3.8, 4) is 0 Å². The van der Waals surface area contributed by atoms with Gasteiger partial charge in [0.25, 0.3) is 0 Å². The summed E-state index contributed by atoms with van der Waals surface area (Å²) in [5, 5.41) is 0.707. The Bertz CT molecular complexity index is 872. The molecule has 0 aliphatic heterocycles. The highest BCUT2D eigenvalue weighted by Gasteiger charge is 2.15. The molecule has 0 bridgehead atoms. The summed E-state index contributed by atoms with van der Waals surface area (Å²) >= 11 is 5.88. The minimum absolute atomic E-state index is 0.0498. The van der Waals surface area contributed by atoms with Gasteiger partial charge in [-0.15, -0.1) is 0 Å². The van der Waals surface area contributed by atoms with E-state index in [0.717, 1.165) is 29.5 Å². The Kier molecular flexibility index (Phi) is 6.05. The van der Waals surface area contributed by atoms with Crippen LogP contribution in [0.2, 0.25) is 5.02 Å². The van der Waals surface area contributed by atoms with Crippen LogP contribution >= 0.6 is 11.6 Å². The standard InChI is InChI=1S/C23H21ClF2/c1-16-4-2-3-5-21(16)23(26)15-19-11-8-18(14-22(19)25)7-6-17-9-12-20(24)13-10-17/h2-5,8-14,23H,6-7,15H2,1H3/t23-/m0/s1. The summed E-state index contributed by atoms with van der Waals surface area (Å²) in [7, 11) is 0. The van der Waals surface area contributed by atoms with Gasteiger partial charge in [0.1, 0.15) is 12.0 Å². The lowest BCUT2D eigenvalue weighted by molar-refractivity contribution is 0.337. The fourth-order valence-electron chi connectivity index (χ4n) is 3.09. The first kappa shape index (κ1) is 18.6. The average molecular weight is 371 g/mol. The third kappa shape index (κ3) is 4.70. The van der Waals surface area contributed by atoms with Crippen LogP contribution in [-0.4, -0.2) is 0 Å². The largest absolute Gasteiger partial charge is 0.242 e. The molecule has 0 saturated heterocycles. The maximum Gasteiger partial charge on any atom is 0.129 e. The van der Waals surface area contributed by atoms with Gasteiger partial charge in [0.05, 0.1) is 0 Å². The molecule has 0 N–H and O–H groups in total. The van der Waals surface area contributed by atoms with Crippen molar-refractivity contribution < 1.29 is 8.78 Å². The van der Waals surface area contributed by atoms with Gasteiger partial charge in [-0.05, 0) is 65.8 Å². The monoisotopic (exact) mass is 370 g/mol. The van der Waals surface area contributed by atoms with Gasteiger partial charge in [-0.1, -0.05) is 60.1 Å². The van der Waals surface area contributed by atoms with E-state index in [2.05, 4.69) is 0 Å². The van der Waals surface area contributed by atoms with E-state index in [4.69, 9.17) is 11.6 Å². The molecule has 0 saturated carbocycles. The first-order valence-electron chi connectivity index (χ1n) is 8.74. The van der Waals surface area contributed by atoms with E-state index in [-0.39, 0.29) is 12.2 Å². The van der Waals surface area contributed by atoms with Gasteiger partial charge < -0.3 is 0 Å². The number of benzene rings is 3. The molecular formula is C23H21ClF2. The molecule has 0 aromatic heterocycles. The molecule has 0 heterocycles. The van der Waals surface area contributed by atoms with Crippen molar-refractivity contribution in [3.63, 3.8) is 0 Å². The van der Waals surface area contributed by atoms with Crippen LogP contribution in [-0.2, 0) is 19.3 Å². The Morgan fingerprint density at radius 3 is 2.23 bits per heavy atom. The van der Waals surface area contributed by atoms with Crippen LogP contribution in [0.15, 0.2) is 66.7 Å². The zero-order valence-corrected chi connectivity index (χ0v) is 15.4. The zero-order valence-electron chi connectivity index (χ0n) is 14.7. The molecule has 26 heavy (non-hydrogen) atoms. The first-order valence-corrected chi connectivity index (χ1v) is 9.12. The summed E-state index contributed by atoms with van der Waals surface area (Å²) in [4.78, 5) is 0. The molecule has 1 atom stereocenters. The molecule has 0 fully saturated rings. The van der Waals surface area contributed by atoms with Crippen LogP contribution in [0, 0.1) is 12.7 Å². The normalized spacial score (nSPS) is 12.2. The topological polar surface area (TPSA) is 0 Å². The van der Waals surface area contributed by atoms with Crippen LogP contribution in [0.1, 0.15) is 34.0 Å². The minimum Gasteiger partial charge on any atom is -0.242 e. The van der Waals surface area contributed by atoms with Crippen molar-refractivity contribution in [2.45, 2.75) is 32.4 Å². The molecule has 0 nitrogen and oxygen atoms in total. The molecule has 134 valence electrons. The van der Waals surface area contributed by atoms with E-state index < -0.39 is 6.17 Å². The van der Waals surface area contributed by atoms with Crippen molar-refractivity contribution in [2.24, 2.45) is 0 Å². The van der Waals surface area contributed by atoms with Crippen molar-refractivity contribution in [2.75, 3.05) is 0 Å². The predicted molar refractivity (Wildman–Crippen MR) is 104 cm³/mol. The molecule has 0 aliphatic rings. The summed E-state index contributed by atoms with van der Waals surface area (Å²) in [6, 6.07) is 20.1. The van der Waals surface area contributed by atoms with Crippen molar-refractivity contribution in [1.29, 1.82) is 0 Å². The van der Waals surface area contributed by atoms with Gasteiger partial charge in [0, 0.05) is 11.4 Å². The molecule has 0 amide bonds. The second-order valence-corrected chi connectivity index (χ2v) is 7.02. The maximum absolute atomic E-state index is 14.6. The van der Waals surface area contributed by atoms with E-state index in [1.165, 1.54) is 6.07 Å². The van der Waals surface area contributed by atoms with Crippen LogP contribution in [0.5, 0.6) is 0 Å². The van der Waals surface area contributed by atoms with Gasteiger partial charge in [0.15, 0.2) is 0 Å². The molecule has 0 aliphatic carbocycles. The lowest BCUT2D eigenvalue weighted by Gasteiger charge is -2.13. The van der Waals surface area contributed by atoms with Crippen LogP contribution in [0.3, 0.4) is 0 Å². The fourth-order valence-corrected chi connectivity index (χ4v) is 3.22. The molecule has 3 aromatic rings. The van der Waals surface area contributed by atoms with E-state index >= 15 is 0 Å². The average Bonchev–Trinajstić information content (AvgIpc) is 2.63. The van der Waals surface area contributed by atoms with Crippen LogP contribution < -0.4 is 0 Å². The van der Waals surface area contributed by atoms with E-state index in [0.29, 0.717) is 16.1 Å². The zero-order chi connectivity index (χ0) is 18.5. The molecule has 3 aromatic carbocycles. The van der Waals surface area contributed by atoms with E-state index in [1.807, 2.05) is 55.5 Å². The Hall–Kier alpha value is -2.19. The number of hydrogen-bond donors (Lipinski definition) is 0. The van der Waals surface area contributed by atoms with Crippen molar-refractivity contribution >= 4 is 11.6 Å². The number of halogens is 3. The summed E-state index contributed by atoms with van der Waals surface area (Å²) in [5.74, 6) is -0.338. The van der Waals surface area contributed by atoms with Gasteiger partial charge >= 0.3 is 0 Å². The Morgan fingerprint density at radius 2 is 1.54 bits per heavy atom. The molecule has 3 heteroatoms. The van der Waals surface area contributed by atoms with Gasteiger partial charge in [-0.3, -0.25) is 0 Å². The van der Waals surface area contributed by atoms with Gasteiger partial charge in [-0.2, -0.15) is 0 Å². The predicted octanol–water partition coefficient (Wildman–Crippen LogP) is 6.83. The summed E-state index contributed by atoms with van der Waals surface area (Å²) in [6.45, 7) is 1.87. The first-order chi connectivity index (χ1) is 12.5. The van der Waals surface area contributed by atoms with Gasteiger partial charge in [-0.25, -0.2) is 8.78 Å². The fraction of sp³-hybridized carbons (Fsp3) is 0.217. The smallest absolute Gasteiger partial charge is 0.129 e. The second-order valence-electron chi connectivity index (χ2n) is 6.58. The molecule has 0 radical (unpaired) electrons. The van der Waals surface area contributed by atoms with Crippen LogP contribution in [0.4, 0.5) is 8.78 Å². The third-order valence-corrected chi connectivity index (χ3v) is 4.91. The highest BCUT2D eigenvalue weighted by atomic mass is 35.5. The Morgan fingerprint density at radius 1 is 0.885 bits per heavy atom. The summed E-state index contributed by atoms with van der Waals surface area (Å²) < 4.78 is 29.0. The number of rotatable bonds is 6. The number of alkyl halides is 1. The number of hydrogen-bond acceptors (Lipinski definition) is 0. The molecular weight excluding hydrogens is 350 g/mol. The highest BCUT2D eigenvalue weighted by molar-refractivity contribution is 6.30. The quantitative estimate of drug-likeness (QED) is 0.446. The summed E-state index contributed by atoms with van der Waals surface area (Å²) in [6.07, 6.45) is 0.389.